The van der Waals surface area contributed by atoms with Crippen molar-refractivity contribution in [2.45, 2.75) is 31.7 Å². The van der Waals surface area contributed by atoms with Crippen molar-refractivity contribution in [1.82, 2.24) is 4.90 Å². The molecule has 0 spiro atoms. The number of hydrogen-bond donors (Lipinski definition) is 0. The molecule has 0 atom stereocenters. The number of carbonyl (C=O) groups excluding carboxylic acids is 1. The average molecular weight is 454 g/mol. The summed E-state index contributed by atoms with van der Waals surface area (Å²) in [5.41, 5.74) is 0.753. The molecule has 0 radical (unpaired) electrons. The summed E-state index contributed by atoms with van der Waals surface area (Å²) in [5.74, 6) is 0.146. The van der Waals surface area contributed by atoms with Crippen molar-refractivity contribution in [2.24, 2.45) is 0 Å². The molecule has 1 saturated carbocycles. The van der Waals surface area contributed by atoms with Gasteiger partial charge in [0.25, 0.3) is 5.91 Å². The second-order valence-corrected chi connectivity index (χ2v) is 7.41. The first kappa shape index (κ1) is 15.5. The van der Waals surface area contributed by atoms with Crippen LogP contribution in [0.5, 0.6) is 0 Å². The van der Waals surface area contributed by atoms with E-state index in [1.165, 1.54) is 6.42 Å². The summed E-state index contributed by atoms with van der Waals surface area (Å²) < 4.78 is 1.86. The lowest BCUT2D eigenvalue weighted by Gasteiger charge is -2.37. The molecular weight excluding hydrogens is 438 g/mol. The molecule has 0 unspecified atom stereocenters. The van der Waals surface area contributed by atoms with Crippen LogP contribution in [0, 0.1) is 0 Å². The Balaban J connectivity index is 2.17. The number of rotatable bonds is 5. The SMILES string of the molecule is O=C(c1cc(Br)cc(Br)c1)N(CCCBr)C1CCC1. The minimum atomic E-state index is 0.146. The Morgan fingerprint density at radius 3 is 2.32 bits per heavy atom. The third-order valence-electron chi connectivity index (χ3n) is 3.42. The fourth-order valence-corrected chi connectivity index (χ4v) is 3.77. The second-order valence-electron chi connectivity index (χ2n) is 4.78. The van der Waals surface area contributed by atoms with E-state index >= 15 is 0 Å². The molecule has 1 fully saturated rings. The highest BCUT2D eigenvalue weighted by atomic mass is 79.9. The predicted octanol–water partition coefficient (Wildman–Crippen LogP) is 4.99. The Kier molecular flexibility index (Phi) is 5.90. The monoisotopic (exact) mass is 451 g/mol. The van der Waals surface area contributed by atoms with Crippen molar-refractivity contribution in [1.29, 1.82) is 0 Å². The van der Waals surface area contributed by atoms with Gasteiger partial charge in [-0.25, -0.2) is 0 Å². The van der Waals surface area contributed by atoms with E-state index in [1.54, 1.807) is 0 Å². The molecule has 1 aliphatic carbocycles. The summed E-state index contributed by atoms with van der Waals surface area (Å²) in [4.78, 5) is 14.7. The minimum absolute atomic E-state index is 0.146. The zero-order chi connectivity index (χ0) is 13.8. The number of alkyl halides is 1. The van der Waals surface area contributed by atoms with Crippen molar-refractivity contribution >= 4 is 53.7 Å². The predicted molar refractivity (Wildman–Crippen MR) is 88.9 cm³/mol. The average Bonchev–Trinajstić information content (AvgIpc) is 2.29. The molecule has 0 aliphatic heterocycles. The van der Waals surface area contributed by atoms with Crippen LogP contribution in [0.1, 0.15) is 36.0 Å². The molecule has 0 bridgehead atoms. The third-order valence-corrected chi connectivity index (χ3v) is 4.89. The van der Waals surface area contributed by atoms with Crippen LogP contribution in [0.3, 0.4) is 0 Å². The van der Waals surface area contributed by atoms with E-state index in [0.29, 0.717) is 6.04 Å². The van der Waals surface area contributed by atoms with Crippen LogP contribution in [0.25, 0.3) is 0 Å². The molecule has 1 amide bonds. The van der Waals surface area contributed by atoms with Gasteiger partial charge in [-0.1, -0.05) is 47.8 Å². The molecule has 1 aromatic carbocycles. The number of amides is 1. The summed E-state index contributed by atoms with van der Waals surface area (Å²) in [7, 11) is 0. The van der Waals surface area contributed by atoms with Crippen molar-refractivity contribution < 1.29 is 4.79 Å². The lowest BCUT2D eigenvalue weighted by molar-refractivity contribution is 0.0581. The lowest BCUT2D eigenvalue weighted by atomic mass is 9.91. The summed E-state index contributed by atoms with van der Waals surface area (Å²) in [6.45, 7) is 0.832. The van der Waals surface area contributed by atoms with E-state index in [4.69, 9.17) is 0 Å². The molecule has 0 aromatic heterocycles. The molecule has 2 rings (SSSR count). The largest absolute Gasteiger partial charge is 0.336 e. The Morgan fingerprint density at radius 2 is 1.84 bits per heavy atom. The van der Waals surface area contributed by atoms with Crippen LogP contribution in [-0.4, -0.2) is 28.7 Å². The molecule has 1 aliphatic rings. The Hall–Kier alpha value is 0.130. The van der Waals surface area contributed by atoms with Gasteiger partial charge in [0.05, 0.1) is 0 Å². The summed E-state index contributed by atoms with van der Waals surface area (Å²) in [6.07, 6.45) is 4.52. The van der Waals surface area contributed by atoms with Gasteiger partial charge in [0.1, 0.15) is 0 Å². The van der Waals surface area contributed by atoms with E-state index < -0.39 is 0 Å². The van der Waals surface area contributed by atoms with Gasteiger partial charge in [-0.3, -0.25) is 4.79 Å². The first-order valence-electron chi connectivity index (χ1n) is 6.45. The van der Waals surface area contributed by atoms with E-state index in [1.807, 2.05) is 23.1 Å². The zero-order valence-corrected chi connectivity index (χ0v) is 15.3. The molecular formula is C14H16Br3NO. The number of hydrogen-bond acceptors (Lipinski definition) is 1. The molecule has 0 heterocycles. The van der Waals surface area contributed by atoms with Crippen LogP contribution in [0.15, 0.2) is 27.1 Å². The maximum absolute atomic E-state index is 12.7. The molecule has 1 aromatic rings. The van der Waals surface area contributed by atoms with Crippen molar-refractivity contribution in [3.05, 3.63) is 32.7 Å². The van der Waals surface area contributed by atoms with Gasteiger partial charge in [0.15, 0.2) is 0 Å². The fraction of sp³-hybridized carbons (Fsp3) is 0.500. The van der Waals surface area contributed by atoms with Crippen LogP contribution in [0.4, 0.5) is 0 Å². The Morgan fingerprint density at radius 1 is 1.21 bits per heavy atom. The standard InChI is InChI=1S/C14H16Br3NO/c15-5-2-6-18(13-3-1-4-13)14(19)10-7-11(16)9-12(17)8-10/h7-9,13H,1-6H2. The molecule has 0 saturated heterocycles. The van der Waals surface area contributed by atoms with Crippen molar-refractivity contribution in [2.75, 3.05) is 11.9 Å². The van der Waals surface area contributed by atoms with Crippen molar-refractivity contribution in [3.63, 3.8) is 0 Å². The summed E-state index contributed by atoms with van der Waals surface area (Å²) >= 11 is 10.3. The van der Waals surface area contributed by atoms with Gasteiger partial charge in [0.2, 0.25) is 0 Å². The zero-order valence-electron chi connectivity index (χ0n) is 10.5. The molecule has 0 N–H and O–H groups in total. The van der Waals surface area contributed by atoms with Gasteiger partial charge in [-0.15, -0.1) is 0 Å². The number of nitrogens with zero attached hydrogens (tertiary/aromatic N) is 1. The highest BCUT2D eigenvalue weighted by molar-refractivity contribution is 9.11. The van der Waals surface area contributed by atoms with E-state index in [-0.39, 0.29) is 5.91 Å². The van der Waals surface area contributed by atoms with Crippen LogP contribution >= 0.6 is 47.8 Å². The van der Waals surface area contributed by atoms with Gasteiger partial charge in [-0.05, 0) is 43.9 Å². The van der Waals surface area contributed by atoms with Gasteiger partial charge >= 0.3 is 0 Å². The summed E-state index contributed by atoms with van der Waals surface area (Å²) in [5, 5.41) is 0.936. The number of halogens is 3. The molecule has 2 nitrogen and oxygen atoms in total. The second kappa shape index (κ2) is 7.23. The lowest BCUT2D eigenvalue weighted by Crippen LogP contribution is -2.44. The molecule has 19 heavy (non-hydrogen) atoms. The fourth-order valence-electron chi connectivity index (χ4n) is 2.22. The van der Waals surface area contributed by atoms with Gasteiger partial charge in [0, 0.05) is 32.4 Å². The number of carbonyl (C=O) groups is 1. The maximum Gasteiger partial charge on any atom is 0.254 e. The smallest absolute Gasteiger partial charge is 0.254 e. The van der Waals surface area contributed by atoms with Crippen LogP contribution in [0.2, 0.25) is 0 Å². The molecule has 104 valence electrons. The Bertz CT molecular complexity index is 440. The normalized spacial score (nSPS) is 15.1. The van der Waals surface area contributed by atoms with Gasteiger partial charge in [-0.2, -0.15) is 0 Å². The third kappa shape index (κ3) is 4.05. The maximum atomic E-state index is 12.7. The highest BCUT2D eigenvalue weighted by Gasteiger charge is 2.29. The van der Waals surface area contributed by atoms with E-state index in [2.05, 4.69) is 47.8 Å². The van der Waals surface area contributed by atoms with Crippen LogP contribution in [-0.2, 0) is 0 Å². The summed E-state index contributed by atoms with van der Waals surface area (Å²) in [6, 6.07) is 6.17. The topological polar surface area (TPSA) is 20.3 Å². The minimum Gasteiger partial charge on any atom is -0.336 e. The molecule has 5 heteroatoms. The Labute approximate surface area is 139 Å². The van der Waals surface area contributed by atoms with E-state index in [9.17, 15) is 4.79 Å². The first-order chi connectivity index (χ1) is 9.11. The van der Waals surface area contributed by atoms with Crippen molar-refractivity contribution in [3.8, 4) is 0 Å². The first-order valence-corrected chi connectivity index (χ1v) is 9.15. The highest BCUT2D eigenvalue weighted by Crippen LogP contribution is 2.28. The van der Waals surface area contributed by atoms with Crippen LogP contribution < -0.4 is 0 Å². The quantitative estimate of drug-likeness (QED) is 0.575. The number of benzene rings is 1. The van der Waals surface area contributed by atoms with Gasteiger partial charge < -0.3 is 4.90 Å². The van der Waals surface area contributed by atoms with E-state index in [0.717, 1.165) is 45.6 Å².